The van der Waals surface area contributed by atoms with Gasteiger partial charge in [-0.2, -0.15) is 13.1 Å². The van der Waals surface area contributed by atoms with Crippen LogP contribution < -0.4 is 4.72 Å². The molecule has 0 radical (unpaired) electrons. The van der Waals surface area contributed by atoms with Gasteiger partial charge in [-0.05, 0) is 19.4 Å². The quantitative estimate of drug-likeness (QED) is 0.896. The van der Waals surface area contributed by atoms with Gasteiger partial charge in [0.1, 0.15) is 6.10 Å². The lowest BCUT2D eigenvalue weighted by atomic mass is 10.1. The van der Waals surface area contributed by atoms with Crippen LogP contribution in [-0.2, 0) is 24.0 Å². The Morgan fingerprint density at radius 2 is 1.90 bits per heavy atom. The lowest BCUT2D eigenvalue weighted by Crippen LogP contribution is -2.32. The van der Waals surface area contributed by atoms with Gasteiger partial charge in [0.15, 0.2) is 5.79 Å². The zero-order valence-electron chi connectivity index (χ0n) is 11.7. The number of benzene rings is 1. The van der Waals surface area contributed by atoms with Gasteiger partial charge in [0, 0.05) is 6.54 Å². The molecule has 112 valence electrons. The highest BCUT2D eigenvalue weighted by atomic mass is 32.2. The maximum Gasteiger partial charge on any atom is 0.338 e. The van der Waals surface area contributed by atoms with Crippen molar-refractivity contribution in [2.75, 3.05) is 6.54 Å². The minimum atomic E-state index is -3.86. The Morgan fingerprint density at radius 3 is 2.50 bits per heavy atom. The highest BCUT2D eigenvalue weighted by Gasteiger charge is 2.45. The fraction of sp³-hybridized carbons (Fsp3) is 0.538. The molecule has 2 atom stereocenters. The van der Waals surface area contributed by atoms with Gasteiger partial charge in [-0.15, -0.1) is 0 Å². The summed E-state index contributed by atoms with van der Waals surface area (Å²) in [4.78, 5) is 0. The number of nitrogens with one attached hydrogen (secondary N) is 1. The van der Waals surface area contributed by atoms with E-state index in [9.17, 15) is 8.42 Å². The number of hydrogen-bond donors (Lipinski definition) is 1. The summed E-state index contributed by atoms with van der Waals surface area (Å²) < 4.78 is 42.0. The fourth-order valence-electron chi connectivity index (χ4n) is 2.00. The van der Waals surface area contributed by atoms with E-state index >= 15 is 0 Å². The molecule has 0 amide bonds. The smallest absolute Gasteiger partial charge is 0.337 e. The van der Waals surface area contributed by atoms with E-state index in [4.69, 9.17) is 13.7 Å². The summed E-state index contributed by atoms with van der Waals surface area (Å²) in [5, 5.41) is 0. The molecule has 20 heavy (non-hydrogen) atoms. The van der Waals surface area contributed by atoms with Crippen molar-refractivity contribution in [1.82, 2.24) is 4.72 Å². The third-order valence-electron chi connectivity index (χ3n) is 2.73. The summed E-state index contributed by atoms with van der Waals surface area (Å²) in [5.74, 6) is -0.910. The molecule has 1 aromatic carbocycles. The minimum absolute atomic E-state index is 0.245. The van der Waals surface area contributed by atoms with Crippen LogP contribution in [0.5, 0.6) is 0 Å². The Hall–Kier alpha value is -0.990. The van der Waals surface area contributed by atoms with Crippen LogP contribution in [0.25, 0.3) is 0 Å². The van der Waals surface area contributed by atoms with E-state index in [-0.39, 0.29) is 6.54 Å². The first-order valence-electron chi connectivity index (χ1n) is 6.41. The van der Waals surface area contributed by atoms with E-state index in [1.165, 1.54) is 0 Å². The Kier molecular flexibility index (Phi) is 4.46. The molecule has 0 aromatic heterocycles. The molecule has 0 spiro atoms. The standard InChI is InChI=1S/C13H19NO5S/c1-4-14-20(15,16)19-12-11(17-13(2,3)18-12)10-8-6-5-7-9-10/h5-9,11-12,14H,4H2,1-3H3. The van der Waals surface area contributed by atoms with Gasteiger partial charge in [-0.25, -0.2) is 4.18 Å². The van der Waals surface area contributed by atoms with E-state index in [1.54, 1.807) is 20.8 Å². The van der Waals surface area contributed by atoms with E-state index in [0.717, 1.165) is 5.56 Å². The summed E-state index contributed by atoms with van der Waals surface area (Å²) >= 11 is 0. The second-order valence-corrected chi connectivity index (χ2v) is 6.27. The normalized spacial score (nSPS) is 25.8. The van der Waals surface area contributed by atoms with Crippen LogP contribution in [0.15, 0.2) is 30.3 Å². The Labute approximate surface area is 119 Å². The van der Waals surface area contributed by atoms with Crippen molar-refractivity contribution < 1.29 is 22.1 Å². The van der Waals surface area contributed by atoms with Crippen LogP contribution in [0, 0.1) is 0 Å². The zero-order valence-corrected chi connectivity index (χ0v) is 12.5. The van der Waals surface area contributed by atoms with Crippen molar-refractivity contribution in [1.29, 1.82) is 0 Å². The summed E-state index contributed by atoms with van der Waals surface area (Å²) in [6.45, 7) is 5.35. The van der Waals surface area contributed by atoms with Gasteiger partial charge in [0.25, 0.3) is 0 Å². The average molecular weight is 301 g/mol. The maximum atomic E-state index is 11.7. The molecule has 1 N–H and O–H groups in total. The molecule has 1 aliphatic heterocycles. The topological polar surface area (TPSA) is 73.9 Å². The second-order valence-electron chi connectivity index (χ2n) is 4.88. The first kappa shape index (κ1) is 15.4. The summed E-state index contributed by atoms with van der Waals surface area (Å²) in [6.07, 6.45) is -1.61. The van der Waals surface area contributed by atoms with Gasteiger partial charge in [0.2, 0.25) is 6.29 Å². The van der Waals surface area contributed by atoms with Crippen molar-refractivity contribution >= 4 is 10.3 Å². The van der Waals surface area contributed by atoms with Crippen molar-refractivity contribution in [2.45, 2.75) is 39.0 Å². The van der Waals surface area contributed by atoms with Crippen LogP contribution in [0.3, 0.4) is 0 Å². The molecular formula is C13H19NO5S. The van der Waals surface area contributed by atoms with Crippen LogP contribution in [0.4, 0.5) is 0 Å². The molecule has 6 nitrogen and oxygen atoms in total. The first-order chi connectivity index (χ1) is 9.33. The van der Waals surface area contributed by atoms with Crippen LogP contribution >= 0.6 is 0 Å². The predicted octanol–water partition coefficient (Wildman–Crippen LogP) is 1.71. The highest BCUT2D eigenvalue weighted by Crippen LogP contribution is 2.39. The Balaban J connectivity index is 2.21. The van der Waals surface area contributed by atoms with E-state index in [0.29, 0.717) is 0 Å². The molecule has 1 aromatic rings. The molecule has 0 bridgehead atoms. The monoisotopic (exact) mass is 301 g/mol. The molecule has 0 aliphatic carbocycles. The largest absolute Gasteiger partial charge is 0.338 e. The predicted molar refractivity (Wildman–Crippen MR) is 72.9 cm³/mol. The van der Waals surface area contributed by atoms with Gasteiger partial charge >= 0.3 is 10.3 Å². The fourth-order valence-corrected chi connectivity index (χ4v) is 2.82. The summed E-state index contributed by atoms with van der Waals surface area (Å²) in [5.41, 5.74) is 0.801. The third kappa shape index (κ3) is 3.77. The maximum absolute atomic E-state index is 11.7. The zero-order chi connectivity index (χ0) is 14.8. The van der Waals surface area contributed by atoms with Gasteiger partial charge in [-0.1, -0.05) is 37.3 Å². The van der Waals surface area contributed by atoms with Crippen molar-refractivity contribution in [3.8, 4) is 0 Å². The first-order valence-corrected chi connectivity index (χ1v) is 7.82. The van der Waals surface area contributed by atoms with E-state index < -0.39 is 28.5 Å². The average Bonchev–Trinajstić information content (AvgIpc) is 2.64. The van der Waals surface area contributed by atoms with Gasteiger partial charge in [0.05, 0.1) is 0 Å². The SMILES string of the molecule is CCNS(=O)(=O)OC1OC(C)(C)OC1c1ccccc1. The molecule has 7 heteroatoms. The van der Waals surface area contributed by atoms with Crippen LogP contribution in [0.1, 0.15) is 32.4 Å². The number of rotatable bonds is 5. The molecular weight excluding hydrogens is 282 g/mol. The van der Waals surface area contributed by atoms with Crippen molar-refractivity contribution in [3.63, 3.8) is 0 Å². The highest BCUT2D eigenvalue weighted by molar-refractivity contribution is 7.84. The third-order valence-corrected chi connectivity index (χ3v) is 3.81. The lowest BCUT2D eigenvalue weighted by molar-refractivity contribution is -0.167. The van der Waals surface area contributed by atoms with Crippen molar-refractivity contribution in [2.24, 2.45) is 0 Å². The van der Waals surface area contributed by atoms with Crippen LogP contribution in [-0.4, -0.2) is 27.0 Å². The summed E-state index contributed by atoms with van der Waals surface area (Å²) in [6, 6.07) is 9.24. The number of ether oxygens (including phenoxy) is 2. The van der Waals surface area contributed by atoms with E-state index in [1.807, 2.05) is 30.3 Å². The van der Waals surface area contributed by atoms with Crippen LogP contribution in [0.2, 0.25) is 0 Å². The Morgan fingerprint density at radius 1 is 1.25 bits per heavy atom. The molecule has 1 aliphatic rings. The molecule has 0 saturated carbocycles. The molecule has 2 unspecified atom stereocenters. The molecule has 2 rings (SSSR count). The van der Waals surface area contributed by atoms with Gasteiger partial charge < -0.3 is 9.47 Å². The van der Waals surface area contributed by atoms with Crippen molar-refractivity contribution in [3.05, 3.63) is 35.9 Å². The second kappa shape index (κ2) is 5.79. The van der Waals surface area contributed by atoms with E-state index in [2.05, 4.69) is 4.72 Å². The Bertz CT molecular complexity index is 543. The molecule has 1 heterocycles. The summed E-state index contributed by atoms with van der Waals surface area (Å²) in [7, 11) is -3.86. The number of hydrogen-bond acceptors (Lipinski definition) is 5. The minimum Gasteiger partial charge on any atom is -0.337 e. The lowest BCUT2D eigenvalue weighted by Gasteiger charge is -2.17. The van der Waals surface area contributed by atoms with Gasteiger partial charge in [-0.3, -0.25) is 0 Å². The molecule has 1 saturated heterocycles. The molecule has 1 fully saturated rings.